The number of carbonyl (C=O) groups excluding carboxylic acids is 1. The molecule has 5 heteroatoms. The molecule has 4 rings (SSSR count). The van der Waals surface area contributed by atoms with Crippen LogP contribution in [0.25, 0.3) is 10.9 Å². The zero-order chi connectivity index (χ0) is 18.0. The van der Waals surface area contributed by atoms with E-state index in [1.54, 1.807) is 6.20 Å². The Hall–Kier alpha value is -1.98. The summed E-state index contributed by atoms with van der Waals surface area (Å²) in [4.78, 5) is 19.7. The number of para-hydroxylation sites is 1. The van der Waals surface area contributed by atoms with Gasteiger partial charge in [0.25, 0.3) is 5.91 Å². The number of nitrogens with zero attached hydrogens (tertiary/aromatic N) is 2. The minimum Gasteiger partial charge on any atom is -0.381 e. The number of carbonyl (C=O) groups is 1. The van der Waals surface area contributed by atoms with Crippen molar-refractivity contribution in [2.45, 2.75) is 32.3 Å². The van der Waals surface area contributed by atoms with Crippen molar-refractivity contribution in [3.8, 4) is 0 Å². The van der Waals surface area contributed by atoms with Gasteiger partial charge in [0.15, 0.2) is 0 Å². The lowest BCUT2D eigenvalue weighted by atomic mass is 9.73. The molecule has 1 aromatic heterocycles. The molecule has 0 radical (unpaired) electrons. The largest absolute Gasteiger partial charge is 0.381 e. The predicted octanol–water partition coefficient (Wildman–Crippen LogP) is 3.28. The van der Waals surface area contributed by atoms with Crippen molar-refractivity contribution in [3.05, 3.63) is 42.1 Å². The summed E-state index contributed by atoms with van der Waals surface area (Å²) >= 11 is 0. The first kappa shape index (κ1) is 17.4. The normalized spacial score (nSPS) is 25.9. The average molecular weight is 354 g/mol. The van der Waals surface area contributed by atoms with Crippen molar-refractivity contribution in [2.75, 3.05) is 32.9 Å². The summed E-state index contributed by atoms with van der Waals surface area (Å²) in [7, 11) is 0. The van der Waals surface area contributed by atoms with Gasteiger partial charge in [-0.3, -0.25) is 9.78 Å². The van der Waals surface area contributed by atoms with Crippen molar-refractivity contribution in [1.82, 2.24) is 9.88 Å². The van der Waals surface area contributed by atoms with E-state index in [1.165, 1.54) is 0 Å². The maximum atomic E-state index is 13.3. The summed E-state index contributed by atoms with van der Waals surface area (Å²) < 4.78 is 11.9. The van der Waals surface area contributed by atoms with Gasteiger partial charge in [-0.2, -0.15) is 0 Å². The number of likely N-dealkylation sites (tertiary alicyclic amines) is 1. The van der Waals surface area contributed by atoms with Crippen LogP contribution in [0.15, 0.2) is 36.5 Å². The maximum Gasteiger partial charge on any atom is 0.254 e. The van der Waals surface area contributed by atoms with Crippen LogP contribution < -0.4 is 0 Å². The van der Waals surface area contributed by atoms with Gasteiger partial charge in [-0.25, -0.2) is 0 Å². The molecule has 2 saturated heterocycles. The highest BCUT2D eigenvalue weighted by Crippen LogP contribution is 2.41. The van der Waals surface area contributed by atoms with Gasteiger partial charge in [0, 0.05) is 43.3 Å². The first-order valence-electron chi connectivity index (χ1n) is 9.56. The summed E-state index contributed by atoms with van der Waals surface area (Å²) in [5.41, 5.74) is 1.51. The number of amides is 1. The fraction of sp³-hybridized carbons (Fsp3) is 0.524. The Kier molecular flexibility index (Phi) is 4.92. The highest BCUT2D eigenvalue weighted by molar-refractivity contribution is 6.06. The molecule has 2 fully saturated rings. The van der Waals surface area contributed by atoms with Crippen LogP contribution in [0.1, 0.15) is 36.5 Å². The van der Waals surface area contributed by atoms with E-state index < -0.39 is 0 Å². The van der Waals surface area contributed by atoms with Crippen LogP contribution in [0.4, 0.5) is 0 Å². The van der Waals surface area contributed by atoms with Gasteiger partial charge in [-0.15, -0.1) is 0 Å². The second-order valence-corrected chi connectivity index (χ2v) is 7.35. The number of piperidine rings is 1. The van der Waals surface area contributed by atoms with Gasteiger partial charge in [0.1, 0.15) is 0 Å². The Morgan fingerprint density at radius 1 is 1.38 bits per heavy atom. The number of hydrogen-bond acceptors (Lipinski definition) is 4. The summed E-state index contributed by atoms with van der Waals surface area (Å²) in [6.07, 6.45) is 4.88. The van der Waals surface area contributed by atoms with Crippen LogP contribution >= 0.6 is 0 Å². The zero-order valence-electron chi connectivity index (χ0n) is 15.3. The van der Waals surface area contributed by atoms with Crippen LogP contribution in [0.5, 0.6) is 0 Å². The first-order valence-corrected chi connectivity index (χ1v) is 9.56. The van der Waals surface area contributed by atoms with Crippen LogP contribution in [0, 0.1) is 5.41 Å². The minimum absolute atomic E-state index is 0.0784. The van der Waals surface area contributed by atoms with E-state index in [9.17, 15) is 4.79 Å². The second kappa shape index (κ2) is 7.33. The summed E-state index contributed by atoms with van der Waals surface area (Å²) in [5, 5.41) is 0.917. The third kappa shape index (κ3) is 3.10. The fourth-order valence-corrected chi connectivity index (χ4v) is 4.43. The SMILES string of the molecule is CCOCC12CCCOC1CCN(C(=O)c1ccnc3ccccc13)C2. The average Bonchev–Trinajstić information content (AvgIpc) is 2.71. The summed E-state index contributed by atoms with van der Waals surface area (Å²) in [5.74, 6) is 0.0866. The highest BCUT2D eigenvalue weighted by Gasteiger charge is 2.47. The fourth-order valence-electron chi connectivity index (χ4n) is 4.43. The van der Waals surface area contributed by atoms with Gasteiger partial charge in [0.2, 0.25) is 0 Å². The molecule has 138 valence electrons. The van der Waals surface area contributed by atoms with Gasteiger partial charge in [0.05, 0.1) is 23.8 Å². The van der Waals surface area contributed by atoms with Crippen LogP contribution in [0.2, 0.25) is 0 Å². The predicted molar refractivity (Wildman–Crippen MR) is 100 cm³/mol. The van der Waals surface area contributed by atoms with E-state index in [4.69, 9.17) is 9.47 Å². The number of pyridine rings is 1. The summed E-state index contributed by atoms with van der Waals surface area (Å²) in [6, 6.07) is 9.67. The number of ether oxygens (including phenoxy) is 2. The molecule has 3 heterocycles. The number of aromatic nitrogens is 1. The molecule has 1 aromatic carbocycles. The third-order valence-electron chi connectivity index (χ3n) is 5.75. The number of benzene rings is 1. The van der Waals surface area contributed by atoms with Gasteiger partial charge in [-0.1, -0.05) is 18.2 Å². The van der Waals surface area contributed by atoms with Crippen LogP contribution in [-0.2, 0) is 9.47 Å². The molecule has 2 aliphatic rings. The first-order chi connectivity index (χ1) is 12.7. The molecule has 2 atom stereocenters. The van der Waals surface area contributed by atoms with Crippen molar-refractivity contribution < 1.29 is 14.3 Å². The molecule has 1 amide bonds. The number of fused-ring (bicyclic) bond motifs is 2. The Bertz CT molecular complexity index is 788. The van der Waals surface area contributed by atoms with E-state index in [-0.39, 0.29) is 17.4 Å². The minimum atomic E-state index is -0.0784. The molecule has 26 heavy (non-hydrogen) atoms. The van der Waals surface area contributed by atoms with Crippen molar-refractivity contribution >= 4 is 16.8 Å². The molecule has 2 aliphatic heterocycles. The highest BCUT2D eigenvalue weighted by atomic mass is 16.5. The lowest BCUT2D eigenvalue weighted by molar-refractivity contribution is -0.146. The molecule has 5 nitrogen and oxygen atoms in total. The smallest absolute Gasteiger partial charge is 0.254 e. The number of rotatable bonds is 4. The van der Waals surface area contributed by atoms with Crippen molar-refractivity contribution in [2.24, 2.45) is 5.41 Å². The third-order valence-corrected chi connectivity index (χ3v) is 5.75. The molecular weight excluding hydrogens is 328 g/mol. The molecule has 0 N–H and O–H groups in total. The molecule has 0 spiro atoms. The zero-order valence-corrected chi connectivity index (χ0v) is 15.3. The van der Waals surface area contributed by atoms with E-state index in [1.807, 2.05) is 42.2 Å². The Morgan fingerprint density at radius 2 is 2.27 bits per heavy atom. The van der Waals surface area contributed by atoms with Crippen LogP contribution in [-0.4, -0.2) is 54.8 Å². The number of hydrogen-bond donors (Lipinski definition) is 0. The molecular formula is C21H26N2O3. The van der Waals surface area contributed by atoms with E-state index >= 15 is 0 Å². The van der Waals surface area contributed by atoms with E-state index in [0.29, 0.717) is 19.8 Å². The van der Waals surface area contributed by atoms with Crippen molar-refractivity contribution in [3.63, 3.8) is 0 Å². The van der Waals surface area contributed by atoms with Gasteiger partial charge in [-0.05, 0) is 38.3 Å². The monoisotopic (exact) mass is 354 g/mol. The molecule has 2 aromatic rings. The van der Waals surface area contributed by atoms with Crippen molar-refractivity contribution in [1.29, 1.82) is 0 Å². The molecule has 2 unspecified atom stereocenters. The Morgan fingerprint density at radius 3 is 3.15 bits per heavy atom. The quantitative estimate of drug-likeness (QED) is 0.845. The maximum absolute atomic E-state index is 13.3. The molecule has 0 bridgehead atoms. The van der Waals surface area contributed by atoms with E-state index in [0.717, 1.165) is 48.9 Å². The van der Waals surface area contributed by atoms with Crippen LogP contribution in [0.3, 0.4) is 0 Å². The summed E-state index contributed by atoms with van der Waals surface area (Å²) in [6.45, 7) is 5.62. The lowest BCUT2D eigenvalue weighted by Gasteiger charge is -2.50. The van der Waals surface area contributed by atoms with Gasteiger partial charge >= 0.3 is 0 Å². The Balaban J connectivity index is 1.62. The molecule has 0 aliphatic carbocycles. The molecule has 0 saturated carbocycles. The standard InChI is InChI=1S/C21H26N2O3/c1-2-25-15-21-10-5-13-26-19(21)9-12-23(14-21)20(24)17-8-11-22-18-7-4-3-6-16(17)18/h3-4,6-8,11,19H,2,5,9-10,12-15H2,1H3. The van der Waals surface area contributed by atoms with Gasteiger partial charge < -0.3 is 14.4 Å². The lowest BCUT2D eigenvalue weighted by Crippen LogP contribution is -2.58. The Labute approximate surface area is 154 Å². The second-order valence-electron chi connectivity index (χ2n) is 7.35. The topological polar surface area (TPSA) is 51.7 Å². The van der Waals surface area contributed by atoms with E-state index in [2.05, 4.69) is 4.98 Å².